The maximum absolute atomic E-state index is 12.0. The molecule has 0 bridgehead atoms. The Balaban J connectivity index is 1.79. The number of nitrogens with one attached hydrogen (secondary N) is 3. The highest BCUT2D eigenvalue weighted by atomic mass is 35.5. The van der Waals surface area contributed by atoms with Crippen LogP contribution in [0.3, 0.4) is 0 Å². The van der Waals surface area contributed by atoms with Gasteiger partial charge < -0.3 is 20.7 Å². The number of ether oxygens (including phenoxy) is 1. The topological polar surface area (TPSA) is 106 Å². The average molecular weight is 435 g/mol. The van der Waals surface area contributed by atoms with Gasteiger partial charge in [0.2, 0.25) is 0 Å². The Bertz CT molecular complexity index is 884. The summed E-state index contributed by atoms with van der Waals surface area (Å²) in [6.07, 6.45) is 0. The fourth-order valence-corrected chi connectivity index (χ4v) is 2.90. The van der Waals surface area contributed by atoms with Gasteiger partial charge in [-0.1, -0.05) is 29.8 Å². The van der Waals surface area contributed by atoms with Gasteiger partial charge in [-0.2, -0.15) is 0 Å². The molecule has 0 saturated carbocycles. The van der Waals surface area contributed by atoms with Gasteiger partial charge in [-0.15, -0.1) is 0 Å². The molecular weight excluding hydrogens is 408 g/mol. The Kier molecular flexibility index (Phi) is 8.44. The highest BCUT2D eigenvalue weighted by Crippen LogP contribution is 2.26. The molecule has 30 heavy (non-hydrogen) atoms. The van der Waals surface area contributed by atoms with Crippen LogP contribution in [0.4, 0.5) is 11.4 Å². The molecule has 0 aliphatic rings. The van der Waals surface area contributed by atoms with Crippen molar-refractivity contribution in [1.29, 1.82) is 0 Å². The summed E-state index contributed by atoms with van der Waals surface area (Å²) in [6, 6.07) is 11.9. The summed E-state index contributed by atoms with van der Waals surface area (Å²) in [5, 5.41) is 20.4. The van der Waals surface area contributed by atoms with Crippen molar-refractivity contribution >= 4 is 28.9 Å². The minimum Gasteiger partial charge on any atom is -0.483 e. The zero-order chi connectivity index (χ0) is 22.1. The molecule has 0 spiro atoms. The third kappa shape index (κ3) is 7.88. The molecule has 0 aliphatic carbocycles. The second kappa shape index (κ2) is 10.8. The maximum Gasteiger partial charge on any atom is 0.271 e. The number of rotatable bonds is 10. The number of hydrogen-bond donors (Lipinski definition) is 3. The van der Waals surface area contributed by atoms with Gasteiger partial charge in [0, 0.05) is 42.9 Å². The summed E-state index contributed by atoms with van der Waals surface area (Å²) in [6.45, 7) is 7.48. The van der Waals surface area contributed by atoms with Gasteiger partial charge in [0.25, 0.3) is 11.6 Å². The third-order valence-electron chi connectivity index (χ3n) is 3.94. The Morgan fingerprint density at radius 2 is 1.90 bits per heavy atom. The van der Waals surface area contributed by atoms with E-state index in [9.17, 15) is 14.9 Å². The molecule has 1 amide bonds. The number of non-ortho nitro benzene ring substituents is 1. The van der Waals surface area contributed by atoms with Crippen LogP contribution in [0.15, 0.2) is 42.5 Å². The second-order valence-corrected chi connectivity index (χ2v) is 8.13. The first-order valence-corrected chi connectivity index (χ1v) is 9.94. The molecule has 0 heterocycles. The van der Waals surface area contributed by atoms with Crippen LogP contribution in [0.1, 0.15) is 26.3 Å². The predicted molar refractivity (Wildman–Crippen MR) is 118 cm³/mol. The summed E-state index contributed by atoms with van der Waals surface area (Å²) in [7, 11) is 0. The summed E-state index contributed by atoms with van der Waals surface area (Å²) in [5.41, 5.74) is 1.23. The molecular formula is C21H27ClN4O4. The zero-order valence-electron chi connectivity index (χ0n) is 17.3. The van der Waals surface area contributed by atoms with Gasteiger partial charge in [-0.3, -0.25) is 14.9 Å². The van der Waals surface area contributed by atoms with E-state index in [1.165, 1.54) is 12.1 Å². The standard InChI is InChI=1S/C21H27ClN4O4/c1-21(2,3)25-20(27)14-30-19-7-5-4-6-15(19)13-23-10-11-24-18-9-8-16(26(28)29)12-17(18)22/h4-9,12,23-24H,10-11,13-14H2,1-3H3,(H,25,27). The lowest BCUT2D eigenvalue weighted by molar-refractivity contribution is -0.384. The van der Waals surface area contributed by atoms with Crippen LogP contribution in [0.25, 0.3) is 0 Å². The summed E-state index contributed by atoms with van der Waals surface area (Å²) >= 11 is 6.07. The fourth-order valence-electron chi connectivity index (χ4n) is 2.66. The second-order valence-electron chi connectivity index (χ2n) is 7.72. The number of para-hydroxylation sites is 1. The third-order valence-corrected chi connectivity index (χ3v) is 4.25. The van der Waals surface area contributed by atoms with E-state index in [1.54, 1.807) is 6.07 Å². The van der Waals surface area contributed by atoms with Crippen molar-refractivity contribution in [2.24, 2.45) is 0 Å². The molecule has 2 aromatic rings. The molecule has 0 saturated heterocycles. The molecule has 2 aromatic carbocycles. The van der Waals surface area contributed by atoms with Crippen LogP contribution >= 0.6 is 11.6 Å². The van der Waals surface area contributed by atoms with E-state index in [0.717, 1.165) is 5.56 Å². The van der Waals surface area contributed by atoms with Gasteiger partial charge in [0.1, 0.15) is 5.75 Å². The Hall–Kier alpha value is -2.84. The van der Waals surface area contributed by atoms with E-state index in [4.69, 9.17) is 16.3 Å². The number of amides is 1. The van der Waals surface area contributed by atoms with Crippen molar-refractivity contribution in [2.45, 2.75) is 32.9 Å². The molecule has 2 rings (SSSR count). The van der Waals surface area contributed by atoms with E-state index in [0.29, 0.717) is 36.1 Å². The first-order valence-electron chi connectivity index (χ1n) is 9.56. The molecule has 0 aliphatic heterocycles. The smallest absolute Gasteiger partial charge is 0.271 e. The number of nitro groups is 1. The highest BCUT2D eigenvalue weighted by Gasteiger charge is 2.14. The van der Waals surface area contributed by atoms with Crippen molar-refractivity contribution in [3.05, 3.63) is 63.2 Å². The largest absolute Gasteiger partial charge is 0.483 e. The van der Waals surface area contributed by atoms with E-state index in [-0.39, 0.29) is 23.7 Å². The minimum atomic E-state index is -0.483. The van der Waals surface area contributed by atoms with Crippen molar-refractivity contribution in [3.8, 4) is 5.75 Å². The summed E-state index contributed by atoms with van der Waals surface area (Å²) < 4.78 is 5.68. The van der Waals surface area contributed by atoms with E-state index < -0.39 is 4.92 Å². The predicted octanol–water partition coefficient (Wildman–Crippen LogP) is 3.74. The number of halogens is 1. The summed E-state index contributed by atoms with van der Waals surface area (Å²) in [5.74, 6) is 0.481. The zero-order valence-corrected chi connectivity index (χ0v) is 18.1. The molecule has 0 fully saturated rings. The van der Waals surface area contributed by atoms with Crippen LogP contribution in [0.2, 0.25) is 5.02 Å². The molecule has 3 N–H and O–H groups in total. The molecule has 9 heteroatoms. The van der Waals surface area contributed by atoms with Gasteiger partial charge in [-0.25, -0.2) is 0 Å². The number of anilines is 1. The lowest BCUT2D eigenvalue weighted by atomic mass is 10.1. The molecule has 0 unspecified atom stereocenters. The first kappa shape index (κ1) is 23.4. The summed E-state index contributed by atoms with van der Waals surface area (Å²) in [4.78, 5) is 22.2. The monoisotopic (exact) mass is 434 g/mol. The van der Waals surface area contributed by atoms with Crippen molar-refractivity contribution < 1.29 is 14.5 Å². The number of carbonyl (C=O) groups is 1. The van der Waals surface area contributed by atoms with Gasteiger partial charge in [0.05, 0.1) is 15.6 Å². The quantitative estimate of drug-likeness (QED) is 0.299. The molecule has 0 aromatic heterocycles. The Morgan fingerprint density at radius 3 is 2.57 bits per heavy atom. The first-order chi connectivity index (χ1) is 14.2. The van der Waals surface area contributed by atoms with E-state index >= 15 is 0 Å². The van der Waals surface area contributed by atoms with E-state index in [2.05, 4.69) is 16.0 Å². The number of nitrogens with zero attached hydrogens (tertiary/aromatic N) is 1. The Labute approximate surface area is 181 Å². The normalized spacial score (nSPS) is 11.1. The van der Waals surface area contributed by atoms with Crippen LogP contribution in [-0.4, -0.2) is 36.1 Å². The van der Waals surface area contributed by atoms with Crippen molar-refractivity contribution in [3.63, 3.8) is 0 Å². The number of benzene rings is 2. The Morgan fingerprint density at radius 1 is 1.17 bits per heavy atom. The van der Waals surface area contributed by atoms with E-state index in [1.807, 2.05) is 45.0 Å². The van der Waals surface area contributed by atoms with Crippen molar-refractivity contribution in [1.82, 2.24) is 10.6 Å². The van der Waals surface area contributed by atoms with Gasteiger partial charge in [-0.05, 0) is 32.9 Å². The van der Waals surface area contributed by atoms with Gasteiger partial charge in [0.15, 0.2) is 6.61 Å². The number of carbonyl (C=O) groups excluding carboxylic acids is 1. The SMILES string of the molecule is CC(C)(C)NC(=O)COc1ccccc1CNCCNc1ccc([N+](=O)[O-])cc1Cl. The van der Waals surface area contributed by atoms with Gasteiger partial charge >= 0.3 is 0 Å². The van der Waals surface area contributed by atoms with Crippen LogP contribution in [0, 0.1) is 10.1 Å². The van der Waals surface area contributed by atoms with Crippen LogP contribution < -0.4 is 20.7 Å². The average Bonchev–Trinajstić information content (AvgIpc) is 2.66. The molecule has 0 radical (unpaired) electrons. The molecule has 0 atom stereocenters. The lowest BCUT2D eigenvalue weighted by Gasteiger charge is -2.21. The van der Waals surface area contributed by atoms with Crippen LogP contribution in [-0.2, 0) is 11.3 Å². The minimum absolute atomic E-state index is 0.0449. The molecule has 8 nitrogen and oxygen atoms in total. The number of nitro benzene ring substituents is 1. The lowest BCUT2D eigenvalue weighted by Crippen LogP contribution is -2.43. The fraction of sp³-hybridized carbons (Fsp3) is 0.381. The number of hydrogen-bond acceptors (Lipinski definition) is 6. The highest BCUT2D eigenvalue weighted by molar-refractivity contribution is 6.33. The maximum atomic E-state index is 12.0. The van der Waals surface area contributed by atoms with Crippen LogP contribution in [0.5, 0.6) is 5.75 Å². The van der Waals surface area contributed by atoms with Crippen molar-refractivity contribution in [2.75, 3.05) is 25.0 Å². The molecule has 162 valence electrons.